The molecule has 0 radical (unpaired) electrons. The predicted octanol–water partition coefficient (Wildman–Crippen LogP) is 2.17. The molecule has 0 atom stereocenters. The average molecular weight is 303 g/mol. The summed E-state index contributed by atoms with van der Waals surface area (Å²) in [4.78, 5) is 12.1. The highest BCUT2D eigenvalue weighted by atomic mass is 19.4. The first-order valence-corrected chi connectivity index (χ1v) is 7.00. The number of aromatic nitrogens is 1. The van der Waals surface area contributed by atoms with Crippen molar-refractivity contribution in [3.63, 3.8) is 0 Å². The van der Waals surface area contributed by atoms with E-state index in [9.17, 15) is 18.0 Å². The van der Waals surface area contributed by atoms with Crippen LogP contribution in [0.3, 0.4) is 0 Å². The van der Waals surface area contributed by atoms with Gasteiger partial charge in [-0.05, 0) is 43.5 Å². The number of rotatable bonds is 4. The fraction of sp³-hybridized carbons (Fsp3) is 0.643. The van der Waals surface area contributed by atoms with E-state index in [1.807, 2.05) is 0 Å². The molecule has 1 aliphatic rings. The molecule has 118 valence electrons. The third-order valence-electron chi connectivity index (χ3n) is 3.90. The molecule has 1 aromatic rings. The average Bonchev–Trinajstić information content (AvgIpc) is 2.83. The Kier molecular flexibility index (Phi) is 4.61. The van der Waals surface area contributed by atoms with Gasteiger partial charge in [-0.2, -0.15) is 13.2 Å². The molecule has 0 spiro atoms. The Hall–Kier alpha value is -1.50. The number of nitrogens with one attached hydrogen (secondary N) is 2. The van der Waals surface area contributed by atoms with E-state index in [4.69, 9.17) is 0 Å². The van der Waals surface area contributed by atoms with Crippen LogP contribution in [0.4, 0.5) is 13.2 Å². The van der Waals surface area contributed by atoms with Crippen molar-refractivity contribution >= 4 is 5.91 Å². The fourth-order valence-electron chi connectivity index (χ4n) is 2.54. The van der Waals surface area contributed by atoms with Gasteiger partial charge in [0.2, 0.25) is 0 Å². The number of halogens is 3. The second kappa shape index (κ2) is 6.09. The molecule has 1 fully saturated rings. The first kappa shape index (κ1) is 15.9. The number of amides is 1. The van der Waals surface area contributed by atoms with E-state index in [0.717, 1.165) is 30.5 Å². The van der Waals surface area contributed by atoms with E-state index >= 15 is 0 Å². The minimum atomic E-state index is -4.34. The Bertz CT molecular complexity index is 490. The van der Waals surface area contributed by atoms with Gasteiger partial charge in [0.1, 0.15) is 12.2 Å². The summed E-state index contributed by atoms with van der Waals surface area (Å²) in [7, 11) is 0. The van der Waals surface area contributed by atoms with Crippen LogP contribution in [0, 0.1) is 5.41 Å². The molecule has 0 unspecified atom stereocenters. The summed E-state index contributed by atoms with van der Waals surface area (Å²) < 4.78 is 38.3. The standard InChI is InChI=1S/C14H20F3N3O/c1-13(4-6-18-7-5-13)9-19-12(21)11-3-2-8-20(11)10-14(15,16)17/h2-3,8,18H,4-7,9-10H2,1H3,(H,19,21). The summed E-state index contributed by atoms with van der Waals surface area (Å²) in [6, 6.07) is 2.86. The van der Waals surface area contributed by atoms with Gasteiger partial charge < -0.3 is 15.2 Å². The number of nitrogens with zero attached hydrogens (tertiary/aromatic N) is 1. The quantitative estimate of drug-likeness (QED) is 0.895. The van der Waals surface area contributed by atoms with Gasteiger partial charge >= 0.3 is 6.18 Å². The summed E-state index contributed by atoms with van der Waals surface area (Å²) in [5.74, 6) is -0.455. The van der Waals surface area contributed by atoms with Crippen LogP contribution in [0.25, 0.3) is 0 Å². The van der Waals surface area contributed by atoms with E-state index in [-0.39, 0.29) is 11.1 Å². The molecule has 21 heavy (non-hydrogen) atoms. The SMILES string of the molecule is CC1(CNC(=O)c2cccn2CC(F)(F)F)CCNCC1. The number of carbonyl (C=O) groups is 1. The van der Waals surface area contributed by atoms with Gasteiger partial charge in [-0.15, -0.1) is 0 Å². The molecule has 1 amide bonds. The molecular formula is C14H20F3N3O. The Balaban J connectivity index is 1.96. The Morgan fingerprint density at radius 1 is 1.43 bits per heavy atom. The number of hydrogen-bond donors (Lipinski definition) is 2. The van der Waals surface area contributed by atoms with Crippen molar-refractivity contribution in [2.24, 2.45) is 5.41 Å². The number of piperidine rings is 1. The lowest BCUT2D eigenvalue weighted by Gasteiger charge is -2.34. The second-order valence-corrected chi connectivity index (χ2v) is 5.88. The largest absolute Gasteiger partial charge is 0.406 e. The van der Waals surface area contributed by atoms with E-state index in [1.165, 1.54) is 18.3 Å². The van der Waals surface area contributed by atoms with Crippen LogP contribution in [-0.2, 0) is 6.54 Å². The van der Waals surface area contributed by atoms with Crippen molar-refractivity contribution in [1.82, 2.24) is 15.2 Å². The third-order valence-corrected chi connectivity index (χ3v) is 3.90. The summed E-state index contributed by atoms with van der Waals surface area (Å²) >= 11 is 0. The van der Waals surface area contributed by atoms with E-state index < -0.39 is 18.6 Å². The highest BCUT2D eigenvalue weighted by molar-refractivity contribution is 5.92. The maximum absolute atomic E-state index is 12.4. The van der Waals surface area contributed by atoms with Gasteiger partial charge in [0.25, 0.3) is 5.91 Å². The maximum Gasteiger partial charge on any atom is 0.406 e. The molecule has 0 aliphatic carbocycles. The number of hydrogen-bond acceptors (Lipinski definition) is 2. The second-order valence-electron chi connectivity index (χ2n) is 5.88. The lowest BCUT2D eigenvalue weighted by molar-refractivity contribution is -0.140. The van der Waals surface area contributed by atoms with Crippen LogP contribution in [-0.4, -0.2) is 36.3 Å². The molecule has 1 aromatic heterocycles. The highest BCUT2D eigenvalue weighted by Gasteiger charge is 2.30. The summed E-state index contributed by atoms with van der Waals surface area (Å²) in [5, 5.41) is 6.01. The van der Waals surface area contributed by atoms with Gasteiger partial charge in [-0.25, -0.2) is 0 Å². The van der Waals surface area contributed by atoms with Crippen LogP contribution in [0.2, 0.25) is 0 Å². The van der Waals surface area contributed by atoms with Gasteiger partial charge in [0.05, 0.1) is 0 Å². The molecule has 1 saturated heterocycles. The first-order chi connectivity index (χ1) is 9.79. The molecular weight excluding hydrogens is 283 g/mol. The van der Waals surface area contributed by atoms with Crippen molar-refractivity contribution in [2.45, 2.75) is 32.5 Å². The van der Waals surface area contributed by atoms with Crippen LogP contribution >= 0.6 is 0 Å². The monoisotopic (exact) mass is 303 g/mol. The van der Waals surface area contributed by atoms with Crippen molar-refractivity contribution in [3.05, 3.63) is 24.0 Å². The zero-order chi connectivity index (χ0) is 15.5. The fourth-order valence-corrected chi connectivity index (χ4v) is 2.54. The number of alkyl halides is 3. The topological polar surface area (TPSA) is 46.1 Å². The summed E-state index contributed by atoms with van der Waals surface area (Å²) in [5.41, 5.74) is 0.0485. The normalized spacial score (nSPS) is 18.5. The predicted molar refractivity (Wildman–Crippen MR) is 73.0 cm³/mol. The zero-order valence-corrected chi connectivity index (χ0v) is 12.0. The summed E-state index contributed by atoms with van der Waals surface area (Å²) in [6.07, 6.45) is -1.18. The number of carbonyl (C=O) groups excluding carboxylic acids is 1. The molecule has 4 nitrogen and oxygen atoms in total. The highest BCUT2D eigenvalue weighted by Crippen LogP contribution is 2.27. The smallest absolute Gasteiger partial charge is 0.350 e. The Labute approximate surface area is 121 Å². The maximum atomic E-state index is 12.4. The lowest BCUT2D eigenvalue weighted by Crippen LogP contribution is -2.43. The molecule has 2 heterocycles. The van der Waals surface area contributed by atoms with Crippen molar-refractivity contribution < 1.29 is 18.0 Å². The van der Waals surface area contributed by atoms with Crippen LogP contribution in [0.1, 0.15) is 30.3 Å². The van der Waals surface area contributed by atoms with Crippen molar-refractivity contribution in [3.8, 4) is 0 Å². The minimum Gasteiger partial charge on any atom is -0.350 e. The van der Waals surface area contributed by atoms with Crippen LogP contribution in [0.15, 0.2) is 18.3 Å². The third kappa shape index (κ3) is 4.49. The van der Waals surface area contributed by atoms with E-state index in [1.54, 1.807) is 0 Å². The van der Waals surface area contributed by atoms with Gasteiger partial charge in [-0.3, -0.25) is 4.79 Å². The molecule has 0 bridgehead atoms. The van der Waals surface area contributed by atoms with Crippen molar-refractivity contribution in [2.75, 3.05) is 19.6 Å². The molecule has 0 saturated carbocycles. The Morgan fingerprint density at radius 3 is 2.71 bits per heavy atom. The molecule has 1 aliphatic heterocycles. The van der Waals surface area contributed by atoms with Crippen LogP contribution in [0.5, 0.6) is 0 Å². The van der Waals surface area contributed by atoms with Crippen LogP contribution < -0.4 is 10.6 Å². The molecule has 2 rings (SSSR count). The van der Waals surface area contributed by atoms with Gasteiger partial charge in [-0.1, -0.05) is 6.92 Å². The molecule has 0 aromatic carbocycles. The van der Waals surface area contributed by atoms with Gasteiger partial charge in [0.15, 0.2) is 0 Å². The molecule has 7 heteroatoms. The molecule has 2 N–H and O–H groups in total. The minimum absolute atomic E-state index is 0.00234. The lowest BCUT2D eigenvalue weighted by atomic mass is 9.81. The van der Waals surface area contributed by atoms with E-state index in [2.05, 4.69) is 17.6 Å². The summed E-state index contributed by atoms with van der Waals surface area (Å²) in [6.45, 7) is 3.21. The Morgan fingerprint density at radius 2 is 2.10 bits per heavy atom. The van der Waals surface area contributed by atoms with Crippen molar-refractivity contribution in [1.29, 1.82) is 0 Å². The van der Waals surface area contributed by atoms with E-state index in [0.29, 0.717) is 6.54 Å². The van der Waals surface area contributed by atoms with Gasteiger partial charge in [0, 0.05) is 12.7 Å². The zero-order valence-electron chi connectivity index (χ0n) is 12.0. The first-order valence-electron chi connectivity index (χ1n) is 7.00.